The molecule has 1 saturated carbocycles. The fourth-order valence-electron chi connectivity index (χ4n) is 6.29. The van der Waals surface area contributed by atoms with Crippen LogP contribution in [0.3, 0.4) is 0 Å². The van der Waals surface area contributed by atoms with Gasteiger partial charge in [-0.2, -0.15) is 0 Å². The van der Waals surface area contributed by atoms with Crippen molar-refractivity contribution in [1.82, 2.24) is 9.97 Å². The topological polar surface area (TPSA) is 80.0 Å². The normalized spacial score (nSPS) is 39.2. The molecule has 0 spiro atoms. The Morgan fingerprint density at radius 3 is 2.77 bits per heavy atom. The number of rotatable bonds is 3. The van der Waals surface area contributed by atoms with Crippen molar-refractivity contribution in [2.45, 2.75) is 45.3 Å². The summed E-state index contributed by atoms with van der Waals surface area (Å²) in [7, 11) is 0. The molecule has 7 nitrogen and oxygen atoms in total. The van der Waals surface area contributed by atoms with E-state index in [2.05, 4.69) is 34.8 Å². The first-order valence-electron chi connectivity index (χ1n) is 11.4. The van der Waals surface area contributed by atoms with Gasteiger partial charge in [0.2, 0.25) is 5.95 Å². The van der Waals surface area contributed by atoms with Gasteiger partial charge < -0.3 is 19.6 Å². The van der Waals surface area contributed by atoms with Crippen molar-refractivity contribution in [1.29, 1.82) is 0 Å². The zero-order chi connectivity index (χ0) is 20.9. The Morgan fingerprint density at radius 2 is 2.03 bits per heavy atom. The number of fused-ring (bicyclic) bond motifs is 2. The summed E-state index contributed by atoms with van der Waals surface area (Å²) in [5.74, 6) is 0.778. The average molecular weight is 414 g/mol. The van der Waals surface area contributed by atoms with E-state index < -0.39 is 6.10 Å². The highest BCUT2D eigenvalue weighted by atomic mass is 16.6. The van der Waals surface area contributed by atoms with E-state index in [9.17, 15) is 9.90 Å². The minimum Gasteiger partial charge on any atom is -0.461 e. The number of nitrogens with one attached hydrogen (secondary N) is 1. The highest BCUT2D eigenvalue weighted by molar-refractivity contribution is 5.76. The highest BCUT2D eigenvalue weighted by Gasteiger charge is 2.60. The quantitative estimate of drug-likeness (QED) is 0.554. The van der Waals surface area contributed by atoms with Crippen molar-refractivity contribution in [3.63, 3.8) is 0 Å². The van der Waals surface area contributed by atoms with Crippen molar-refractivity contribution in [2.24, 2.45) is 23.2 Å². The highest BCUT2D eigenvalue weighted by Crippen LogP contribution is 2.55. The Kier molecular flexibility index (Phi) is 5.06. The molecule has 30 heavy (non-hydrogen) atoms. The summed E-state index contributed by atoms with van der Waals surface area (Å²) in [5.41, 5.74) is 1.07. The molecule has 4 aliphatic rings. The molecular formula is C23H33N4O3+. The van der Waals surface area contributed by atoms with Gasteiger partial charge in [-0.05, 0) is 24.8 Å². The van der Waals surface area contributed by atoms with Crippen molar-refractivity contribution >= 4 is 11.9 Å². The third-order valence-corrected chi connectivity index (χ3v) is 8.38. The smallest absolute Gasteiger partial charge is 0.315 e. The van der Waals surface area contributed by atoms with Gasteiger partial charge in [0.15, 0.2) is 0 Å². The fourth-order valence-corrected chi connectivity index (χ4v) is 6.29. The van der Waals surface area contributed by atoms with E-state index in [1.165, 1.54) is 10.5 Å². The molecule has 162 valence electrons. The van der Waals surface area contributed by atoms with E-state index in [4.69, 9.17) is 4.74 Å². The third-order valence-electron chi connectivity index (χ3n) is 8.38. The Hall–Kier alpha value is -1.99. The summed E-state index contributed by atoms with van der Waals surface area (Å²) in [6, 6.07) is 1.83. The second-order valence-electron chi connectivity index (χ2n) is 9.79. The van der Waals surface area contributed by atoms with Gasteiger partial charge in [-0.3, -0.25) is 4.79 Å². The summed E-state index contributed by atoms with van der Waals surface area (Å²) in [6.45, 7) is 8.82. The minimum absolute atomic E-state index is 0.0943. The number of nitrogens with zero attached hydrogens (tertiary/aromatic N) is 3. The molecule has 3 fully saturated rings. The molecule has 7 heteroatoms. The van der Waals surface area contributed by atoms with Gasteiger partial charge in [-0.25, -0.2) is 9.97 Å². The van der Waals surface area contributed by atoms with Gasteiger partial charge in [0.25, 0.3) is 0 Å². The third kappa shape index (κ3) is 3.14. The van der Waals surface area contributed by atoms with Crippen LogP contribution in [-0.4, -0.2) is 66.0 Å². The number of esters is 1. The number of hydrogen-bond acceptors (Lipinski definition) is 6. The number of piperazine rings is 1. The van der Waals surface area contributed by atoms with Gasteiger partial charge in [-0.15, -0.1) is 0 Å². The standard InChI is InChI=1S/C23H32N4O3/c1-15-5-3-6-16-13-18-19(20(28)23(15,16)2)17(21(29)30-18)14-26-9-11-27(12-10-26)22-24-7-4-8-25-22/h4,6-8,15,17-20,28H,3,5,9-14H2,1-2H3/p+1/t15-,17+,18-,19-,20-,23-/m1/s1. The number of carbonyl (C=O) groups is 1. The number of aromatic nitrogens is 2. The lowest BCUT2D eigenvalue weighted by Crippen LogP contribution is -3.15. The first-order valence-corrected chi connectivity index (χ1v) is 11.4. The molecule has 2 aliphatic heterocycles. The van der Waals surface area contributed by atoms with Crippen LogP contribution < -0.4 is 9.80 Å². The fraction of sp³-hybridized carbons (Fsp3) is 0.696. The number of allylic oxidation sites excluding steroid dienone is 1. The molecule has 2 aliphatic carbocycles. The molecule has 1 aromatic heterocycles. The summed E-state index contributed by atoms with van der Waals surface area (Å²) in [4.78, 5) is 25.2. The van der Waals surface area contributed by atoms with Crippen molar-refractivity contribution in [3.05, 3.63) is 30.1 Å². The maximum Gasteiger partial charge on any atom is 0.315 e. The van der Waals surface area contributed by atoms with Crippen molar-refractivity contribution < 1.29 is 19.5 Å². The number of aliphatic hydroxyl groups excluding tert-OH is 1. The van der Waals surface area contributed by atoms with Crippen LogP contribution in [0.15, 0.2) is 30.1 Å². The molecular weight excluding hydrogens is 380 g/mol. The zero-order valence-corrected chi connectivity index (χ0v) is 18.0. The molecule has 0 amide bonds. The number of quaternary nitrogens is 1. The van der Waals surface area contributed by atoms with E-state index in [0.717, 1.165) is 57.9 Å². The van der Waals surface area contributed by atoms with Crippen molar-refractivity contribution in [3.8, 4) is 0 Å². The molecule has 3 heterocycles. The lowest BCUT2D eigenvalue weighted by Gasteiger charge is -2.51. The first kappa shape index (κ1) is 19.9. The van der Waals surface area contributed by atoms with Crippen LogP contribution in [-0.2, 0) is 9.53 Å². The lowest BCUT2D eigenvalue weighted by molar-refractivity contribution is -0.903. The van der Waals surface area contributed by atoms with Crippen LogP contribution in [0.5, 0.6) is 0 Å². The maximum atomic E-state index is 12.8. The second kappa shape index (κ2) is 7.61. The summed E-state index contributed by atoms with van der Waals surface area (Å²) in [6.07, 6.45) is 8.10. The minimum atomic E-state index is -0.521. The number of anilines is 1. The summed E-state index contributed by atoms with van der Waals surface area (Å²) >= 11 is 0. The Labute approximate surface area is 178 Å². The summed E-state index contributed by atoms with van der Waals surface area (Å²) in [5, 5.41) is 11.5. The second-order valence-corrected chi connectivity index (χ2v) is 9.79. The lowest BCUT2D eigenvalue weighted by atomic mass is 9.55. The molecule has 2 N–H and O–H groups in total. The van der Waals surface area contributed by atoms with Crippen LogP contribution >= 0.6 is 0 Å². The van der Waals surface area contributed by atoms with E-state index in [0.29, 0.717) is 5.92 Å². The number of ether oxygens (including phenoxy) is 1. The van der Waals surface area contributed by atoms with E-state index in [1.54, 1.807) is 12.4 Å². The van der Waals surface area contributed by atoms with Gasteiger partial charge >= 0.3 is 5.97 Å². The monoisotopic (exact) mass is 413 g/mol. The SMILES string of the molecule is C[C@@H]1CCC=C2C[C@H]3OC(=O)[C@@H](C[NH+]4CCN(c5ncccn5)CC4)[C@H]3[C@@H](O)[C@@]21C. The molecule has 2 saturated heterocycles. The predicted molar refractivity (Wildman–Crippen MR) is 112 cm³/mol. The zero-order valence-electron chi connectivity index (χ0n) is 18.0. The predicted octanol–water partition coefficient (Wildman–Crippen LogP) is 0.467. The van der Waals surface area contributed by atoms with Gasteiger partial charge in [0.1, 0.15) is 12.0 Å². The molecule has 5 rings (SSSR count). The maximum absolute atomic E-state index is 12.8. The van der Waals surface area contributed by atoms with Gasteiger partial charge in [0, 0.05) is 30.1 Å². The van der Waals surface area contributed by atoms with Crippen LogP contribution in [0, 0.1) is 23.2 Å². The van der Waals surface area contributed by atoms with Crippen LogP contribution in [0.25, 0.3) is 0 Å². The molecule has 0 bridgehead atoms. The van der Waals surface area contributed by atoms with Gasteiger partial charge in [-0.1, -0.05) is 25.5 Å². The summed E-state index contributed by atoms with van der Waals surface area (Å²) < 4.78 is 5.83. The number of aliphatic hydroxyl groups is 1. The van der Waals surface area contributed by atoms with Crippen molar-refractivity contribution in [2.75, 3.05) is 37.6 Å². The number of carbonyl (C=O) groups excluding carboxylic acids is 1. The largest absolute Gasteiger partial charge is 0.461 e. The molecule has 0 radical (unpaired) electrons. The number of hydrogen-bond donors (Lipinski definition) is 2. The van der Waals surface area contributed by atoms with Crippen LogP contribution in [0.1, 0.15) is 33.1 Å². The van der Waals surface area contributed by atoms with Crippen LogP contribution in [0.4, 0.5) is 5.95 Å². The van der Waals surface area contributed by atoms with E-state index in [-0.39, 0.29) is 29.3 Å². The first-order chi connectivity index (χ1) is 14.5. The average Bonchev–Trinajstić information content (AvgIpc) is 3.07. The molecule has 1 aromatic rings. The molecule has 0 unspecified atom stereocenters. The van der Waals surface area contributed by atoms with E-state index in [1.807, 2.05) is 6.07 Å². The Morgan fingerprint density at radius 1 is 1.30 bits per heavy atom. The Balaban J connectivity index is 1.28. The molecule has 6 atom stereocenters. The van der Waals surface area contributed by atoms with Crippen LogP contribution in [0.2, 0.25) is 0 Å². The van der Waals surface area contributed by atoms with Gasteiger partial charge in [0.05, 0.1) is 38.8 Å². The molecule has 0 aromatic carbocycles. The Bertz CT molecular complexity index is 823. The van der Waals surface area contributed by atoms with E-state index >= 15 is 0 Å².